The molecule has 0 saturated carbocycles. The van der Waals surface area contributed by atoms with Gasteiger partial charge < -0.3 is 26.8 Å². The molecule has 6 N–H and O–H groups in total. The molecule has 1 atom stereocenters. The van der Waals surface area contributed by atoms with Gasteiger partial charge in [-0.2, -0.15) is 0 Å². The molecule has 0 aliphatic heterocycles. The second kappa shape index (κ2) is 8.73. The lowest BCUT2D eigenvalue weighted by molar-refractivity contribution is -0.140. The number of aliphatic carboxylic acids is 1. The largest absolute Gasteiger partial charge is 0.480 e. The topological polar surface area (TPSA) is 156 Å². The quantitative estimate of drug-likeness (QED) is 0.411. The predicted octanol–water partition coefficient (Wildman–Crippen LogP) is -1.39. The number of hydrogen-bond donors (Lipinski definition) is 4. The number of carboxylic acid groups (broad SMARTS) is 1. The van der Waals surface area contributed by atoms with Crippen LogP contribution in [-0.4, -0.2) is 53.0 Å². The number of nitrogens with zero attached hydrogens (tertiary/aromatic N) is 1. The fourth-order valence-corrected chi connectivity index (χ4v) is 1.43. The second-order valence-electron chi connectivity index (χ2n) is 4.25. The zero-order valence-electron chi connectivity index (χ0n) is 11.3. The van der Waals surface area contributed by atoms with Gasteiger partial charge in [-0.05, 0) is 6.42 Å². The maximum absolute atomic E-state index is 11.9. The Morgan fingerprint density at radius 1 is 1.20 bits per heavy atom. The van der Waals surface area contributed by atoms with Gasteiger partial charge in [-0.15, -0.1) is 0 Å². The van der Waals surface area contributed by atoms with Crippen LogP contribution in [-0.2, 0) is 14.4 Å². The third-order valence-electron chi connectivity index (χ3n) is 2.42. The van der Waals surface area contributed by atoms with Crippen LogP contribution < -0.4 is 16.8 Å². The summed E-state index contributed by atoms with van der Waals surface area (Å²) in [4.78, 5) is 45.5. The van der Waals surface area contributed by atoms with E-state index in [1.54, 1.807) is 0 Å². The molecule has 20 heavy (non-hydrogen) atoms. The van der Waals surface area contributed by atoms with Crippen molar-refractivity contribution < 1.29 is 24.3 Å². The van der Waals surface area contributed by atoms with Crippen LogP contribution in [0.4, 0.5) is 4.79 Å². The van der Waals surface area contributed by atoms with Gasteiger partial charge in [0.15, 0.2) is 0 Å². The maximum atomic E-state index is 11.9. The number of urea groups is 1. The Balaban J connectivity index is 4.72. The maximum Gasteiger partial charge on any atom is 0.326 e. The van der Waals surface area contributed by atoms with Crippen molar-refractivity contribution in [2.24, 2.45) is 11.5 Å². The van der Waals surface area contributed by atoms with Crippen molar-refractivity contribution in [3.63, 3.8) is 0 Å². The average Bonchev–Trinajstić information content (AvgIpc) is 2.32. The van der Waals surface area contributed by atoms with E-state index in [2.05, 4.69) is 5.32 Å². The number of nitrogens with two attached hydrogens (primary N) is 2. The molecule has 0 aromatic rings. The molecule has 0 fully saturated rings. The van der Waals surface area contributed by atoms with Crippen molar-refractivity contribution >= 4 is 23.8 Å². The smallest absolute Gasteiger partial charge is 0.326 e. The summed E-state index contributed by atoms with van der Waals surface area (Å²) in [5.74, 6) is -2.95. The Morgan fingerprint density at radius 3 is 2.20 bits per heavy atom. The van der Waals surface area contributed by atoms with E-state index < -0.39 is 36.3 Å². The van der Waals surface area contributed by atoms with E-state index in [0.29, 0.717) is 6.42 Å². The predicted molar refractivity (Wildman–Crippen MR) is 69.4 cm³/mol. The highest BCUT2D eigenvalue weighted by molar-refractivity contribution is 5.89. The molecule has 4 amide bonds. The van der Waals surface area contributed by atoms with E-state index >= 15 is 0 Å². The first-order chi connectivity index (χ1) is 9.27. The highest BCUT2D eigenvalue weighted by atomic mass is 16.4. The number of hydrogen-bond acceptors (Lipinski definition) is 4. The zero-order valence-corrected chi connectivity index (χ0v) is 11.3. The van der Waals surface area contributed by atoms with Crippen molar-refractivity contribution in [1.82, 2.24) is 10.2 Å². The molecular weight excluding hydrogens is 268 g/mol. The van der Waals surface area contributed by atoms with Gasteiger partial charge in [0.25, 0.3) is 0 Å². The SMILES string of the molecule is CCCCN(CC(N)=O)C(=O)N[C@H](CC(N)=O)C(=O)O. The van der Waals surface area contributed by atoms with Crippen LogP contribution in [0.1, 0.15) is 26.2 Å². The summed E-state index contributed by atoms with van der Waals surface area (Å²) < 4.78 is 0. The zero-order chi connectivity index (χ0) is 15.7. The van der Waals surface area contributed by atoms with Gasteiger partial charge in [0.05, 0.1) is 6.42 Å². The molecule has 0 heterocycles. The molecule has 0 aliphatic rings. The first kappa shape index (κ1) is 17.7. The number of carboxylic acids is 1. The Bertz CT molecular complexity index is 385. The van der Waals surface area contributed by atoms with Crippen molar-refractivity contribution in [2.75, 3.05) is 13.1 Å². The highest BCUT2D eigenvalue weighted by Gasteiger charge is 2.25. The summed E-state index contributed by atoms with van der Waals surface area (Å²) in [5, 5.41) is 11.0. The molecule has 0 rings (SSSR count). The molecular formula is C11H20N4O5. The van der Waals surface area contributed by atoms with E-state index in [9.17, 15) is 19.2 Å². The second-order valence-corrected chi connectivity index (χ2v) is 4.25. The number of nitrogens with one attached hydrogen (secondary N) is 1. The number of primary amides is 2. The van der Waals surface area contributed by atoms with Crippen LogP contribution in [0.25, 0.3) is 0 Å². The first-order valence-electron chi connectivity index (χ1n) is 6.12. The van der Waals surface area contributed by atoms with E-state index in [1.165, 1.54) is 0 Å². The van der Waals surface area contributed by atoms with E-state index in [-0.39, 0.29) is 13.1 Å². The Morgan fingerprint density at radius 2 is 1.80 bits per heavy atom. The monoisotopic (exact) mass is 288 g/mol. The molecule has 9 heteroatoms. The van der Waals surface area contributed by atoms with Gasteiger partial charge in [0.2, 0.25) is 11.8 Å². The minimum atomic E-state index is -1.43. The van der Waals surface area contributed by atoms with Gasteiger partial charge >= 0.3 is 12.0 Å². The molecule has 0 unspecified atom stereocenters. The molecule has 0 radical (unpaired) electrons. The van der Waals surface area contributed by atoms with Gasteiger partial charge in [-0.1, -0.05) is 13.3 Å². The number of carbonyl (C=O) groups excluding carboxylic acids is 3. The van der Waals surface area contributed by atoms with Crippen molar-refractivity contribution in [3.8, 4) is 0 Å². The van der Waals surface area contributed by atoms with Gasteiger partial charge in [-0.25, -0.2) is 9.59 Å². The lowest BCUT2D eigenvalue weighted by atomic mass is 10.2. The van der Waals surface area contributed by atoms with Crippen molar-refractivity contribution in [1.29, 1.82) is 0 Å². The summed E-state index contributed by atoms with van der Waals surface area (Å²) in [7, 11) is 0. The molecule has 0 spiro atoms. The van der Waals surface area contributed by atoms with Crippen LogP contribution in [0.15, 0.2) is 0 Å². The molecule has 0 bridgehead atoms. The first-order valence-corrected chi connectivity index (χ1v) is 6.12. The van der Waals surface area contributed by atoms with Crippen LogP contribution in [0, 0.1) is 0 Å². The van der Waals surface area contributed by atoms with Crippen molar-refractivity contribution in [2.45, 2.75) is 32.2 Å². The van der Waals surface area contributed by atoms with Crippen LogP contribution in [0.3, 0.4) is 0 Å². The van der Waals surface area contributed by atoms with Gasteiger partial charge in [-0.3, -0.25) is 9.59 Å². The molecule has 0 aliphatic carbocycles. The van der Waals surface area contributed by atoms with Crippen LogP contribution in [0.5, 0.6) is 0 Å². The van der Waals surface area contributed by atoms with E-state index in [0.717, 1.165) is 11.3 Å². The Labute approximate surface area is 116 Å². The van der Waals surface area contributed by atoms with Crippen LogP contribution >= 0.6 is 0 Å². The average molecular weight is 288 g/mol. The normalized spacial score (nSPS) is 11.4. The van der Waals surface area contributed by atoms with Gasteiger partial charge in [0, 0.05) is 6.54 Å². The van der Waals surface area contributed by atoms with Gasteiger partial charge in [0.1, 0.15) is 12.6 Å². The highest BCUT2D eigenvalue weighted by Crippen LogP contribution is 1.99. The lowest BCUT2D eigenvalue weighted by Crippen LogP contribution is -2.51. The number of rotatable bonds is 9. The lowest BCUT2D eigenvalue weighted by Gasteiger charge is -2.23. The Hall–Kier alpha value is -2.32. The minimum Gasteiger partial charge on any atom is -0.480 e. The Kier molecular flexibility index (Phi) is 7.71. The standard InChI is InChI=1S/C11H20N4O5/c1-2-3-4-15(6-9(13)17)11(20)14-7(10(18)19)5-8(12)16/h7H,2-6H2,1H3,(H2,12,16)(H2,13,17)(H,14,20)(H,18,19)/t7-/m1/s1. The summed E-state index contributed by atoms with van der Waals surface area (Å²) in [6.07, 6.45) is 0.889. The number of amides is 4. The fraction of sp³-hybridized carbons (Fsp3) is 0.636. The summed E-state index contributed by atoms with van der Waals surface area (Å²) >= 11 is 0. The molecule has 0 saturated heterocycles. The van der Waals surface area contributed by atoms with Crippen molar-refractivity contribution in [3.05, 3.63) is 0 Å². The summed E-state index contributed by atoms with van der Waals surface area (Å²) in [5.41, 5.74) is 9.93. The minimum absolute atomic E-state index is 0.258. The molecule has 0 aromatic carbocycles. The fourth-order valence-electron chi connectivity index (χ4n) is 1.43. The van der Waals surface area contributed by atoms with E-state index in [4.69, 9.17) is 16.6 Å². The summed E-state index contributed by atoms with van der Waals surface area (Å²) in [6.45, 7) is 1.83. The summed E-state index contributed by atoms with van der Waals surface area (Å²) in [6, 6.07) is -2.21. The third kappa shape index (κ3) is 7.19. The van der Waals surface area contributed by atoms with E-state index in [1.807, 2.05) is 6.92 Å². The number of unbranched alkanes of at least 4 members (excludes halogenated alkanes) is 1. The molecule has 114 valence electrons. The van der Waals surface area contributed by atoms with Crippen LogP contribution in [0.2, 0.25) is 0 Å². The molecule has 9 nitrogen and oxygen atoms in total. The third-order valence-corrected chi connectivity index (χ3v) is 2.42. The number of carbonyl (C=O) groups is 4. The molecule has 0 aromatic heterocycles.